The highest BCUT2D eigenvalue weighted by Gasteiger charge is 2.31. The summed E-state index contributed by atoms with van der Waals surface area (Å²) >= 11 is 5.88. The second-order valence-corrected chi connectivity index (χ2v) is 7.62. The average molecular weight is 318 g/mol. The topological polar surface area (TPSA) is 66.6 Å². The molecule has 0 amide bonds. The Morgan fingerprint density at radius 3 is 2.45 bits per heavy atom. The number of sulfonamides is 1. The summed E-state index contributed by atoms with van der Waals surface area (Å²) in [5.41, 5.74) is 6.02. The Morgan fingerprint density at radius 2 is 1.90 bits per heavy atom. The number of anilines is 1. The Balaban J connectivity index is 2.22. The van der Waals surface area contributed by atoms with Gasteiger partial charge in [-0.25, -0.2) is 8.42 Å². The van der Waals surface area contributed by atoms with E-state index in [1.165, 1.54) is 16.4 Å². The standard InChI is InChI=1S/C13H20ClN3O2S/c1-16(2)11-5-7-17(8-6-11)20(18,19)13-9-10(14)3-4-12(13)15/h3-4,9,11H,5-8,15H2,1-2H3. The van der Waals surface area contributed by atoms with Gasteiger partial charge in [-0.3, -0.25) is 0 Å². The van der Waals surface area contributed by atoms with E-state index >= 15 is 0 Å². The molecule has 5 nitrogen and oxygen atoms in total. The summed E-state index contributed by atoms with van der Waals surface area (Å²) in [6, 6.07) is 4.97. The Morgan fingerprint density at radius 1 is 1.30 bits per heavy atom. The highest BCUT2D eigenvalue weighted by atomic mass is 35.5. The molecule has 1 aromatic rings. The molecule has 1 aliphatic heterocycles. The molecule has 112 valence electrons. The lowest BCUT2D eigenvalue weighted by atomic mass is 10.1. The average Bonchev–Trinajstić information content (AvgIpc) is 2.41. The van der Waals surface area contributed by atoms with E-state index in [0.717, 1.165) is 12.8 Å². The summed E-state index contributed by atoms with van der Waals surface area (Å²) in [4.78, 5) is 2.24. The summed E-state index contributed by atoms with van der Waals surface area (Å²) in [6.45, 7) is 1.02. The van der Waals surface area contributed by atoms with Crippen LogP contribution in [0.15, 0.2) is 23.1 Å². The number of benzene rings is 1. The van der Waals surface area contributed by atoms with Crippen molar-refractivity contribution in [1.29, 1.82) is 0 Å². The summed E-state index contributed by atoms with van der Waals surface area (Å²) < 4.78 is 26.7. The first kappa shape index (κ1) is 15.6. The van der Waals surface area contributed by atoms with E-state index in [1.54, 1.807) is 6.07 Å². The van der Waals surface area contributed by atoms with Gasteiger partial charge in [0.15, 0.2) is 0 Å². The van der Waals surface area contributed by atoms with Crippen molar-refractivity contribution in [2.24, 2.45) is 0 Å². The van der Waals surface area contributed by atoms with Gasteiger partial charge in [0.1, 0.15) is 4.90 Å². The zero-order chi connectivity index (χ0) is 14.9. The summed E-state index contributed by atoms with van der Waals surface area (Å²) in [7, 11) is 0.476. The molecule has 1 aliphatic rings. The van der Waals surface area contributed by atoms with Crippen molar-refractivity contribution >= 4 is 27.3 Å². The number of nitrogen functional groups attached to an aromatic ring is 1. The van der Waals surface area contributed by atoms with Gasteiger partial charge in [0.2, 0.25) is 10.0 Å². The summed E-state index contributed by atoms with van der Waals surface area (Å²) in [5.74, 6) is 0. The molecule has 2 N–H and O–H groups in total. The van der Waals surface area contributed by atoms with Crippen LogP contribution in [0.1, 0.15) is 12.8 Å². The molecule has 1 saturated heterocycles. The van der Waals surface area contributed by atoms with E-state index in [-0.39, 0.29) is 10.6 Å². The minimum Gasteiger partial charge on any atom is -0.398 e. The Bertz CT molecular complexity index is 581. The Hall–Kier alpha value is -0.820. The number of rotatable bonds is 3. The lowest BCUT2D eigenvalue weighted by molar-refractivity contribution is 0.196. The zero-order valence-corrected chi connectivity index (χ0v) is 13.3. The molecule has 20 heavy (non-hydrogen) atoms. The molecular weight excluding hydrogens is 298 g/mol. The maximum atomic E-state index is 12.6. The third-order valence-corrected chi connectivity index (χ3v) is 5.94. The Kier molecular flexibility index (Phi) is 4.59. The number of hydrogen-bond acceptors (Lipinski definition) is 4. The monoisotopic (exact) mass is 317 g/mol. The number of piperidine rings is 1. The fraction of sp³-hybridized carbons (Fsp3) is 0.538. The highest BCUT2D eigenvalue weighted by molar-refractivity contribution is 7.89. The number of nitrogens with zero attached hydrogens (tertiary/aromatic N) is 2. The molecule has 0 spiro atoms. The van der Waals surface area contributed by atoms with E-state index < -0.39 is 10.0 Å². The van der Waals surface area contributed by atoms with Crippen LogP contribution in [0.3, 0.4) is 0 Å². The van der Waals surface area contributed by atoms with Crippen LogP contribution in [-0.4, -0.2) is 50.8 Å². The molecule has 0 unspecified atom stereocenters. The van der Waals surface area contributed by atoms with Crippen molar-refractivity contribution in [3.63, 3.8) is 0 Å². The first-order chi connectivity index (χ1) is 9.32. The van der Waals surface area contributed by atoms with Crippen LogP contribution in [0.4, 0.5) is 5.69 Å². The minimum absolute atomic E-state index is 0.105. The molecule has 7 heteroatoms. The van der Waals surface area contributed by atoms with Crippen molar-refractivity contribution in [2.45, 2.75) is 23.8 Å². The van der Waals surface area contributed by atoms with Crippen molar-refractivity contribution in [3.05, 3.63) is 23.2 Å². The van der Waals surface area contributed by atoms with E-state index in [4.69, 9.17) is 17.3 Å². The molecule has 0 bridgehead atoms. The summed E-state index contributed by atoms with van der Waals surface area (Å²) in [6.07, 6.45) is 1.65. The predicted octanol–water partition coefficient (Wildman–Crippen LogP) is 1.64. The molecule has 1 aromatic carbocycles. The zero-order valence-electron chi connectivity index (χ0n) is 11.7. The van der Waals surface area contributed by atoms with Gasteiger partial charge >= 0.3 is 0 Å². The van der Waals surface area contributed by atoms with Gasteiger partial charge < -0.3 is 10.6 Å². The Labute approximate surface area is 125 Å². The molecule has 0 saturated carbocycles. The quantitative estimate of drug-likeness (QED) is 0.861. The minimum atomic E-state index is -3.56. The number of halogens is 1. The number of hydrogen-bond donors (Lipinski definition) is 1. The van der Waals surface area contributed by atoms with Crippen LogP contribution in [0.5, 0.6) is 0 Å². The van der Waals surface area contributed by atoms with Crippen molar-refractivity contribution < 1.29 is 8.42 Å². The second kappa shape index (κ2) is 5.89. The lowest BCUT2D eigenvalue weighted by Gasteiger charge is -2.34. The third kappa shape index (κ3) is 3.09. The van der Waals surface area contributed by atoms with Gasteiger partial charge in [-0.05, 0) is 45.1 Å². The molecule has 0 aromatic heterocycles. The molecule has 0 radical (unpaired) electrons. The lowest BCUT2D eigenvalue weighted by Crippen LogP contribution is -2.44. The molecule has 1 fully saturated rings. The molecule has 1 heterocycles. The smallest absolute Gasteiger partial charge is 0.245 e. The van der Waals surface area contributed by atoms with Crippen LogP contribution in [0.25, 0.3) is 0 Å². The highest BCUT2D eigenvalue weighted by Crippen LogP contribution is 2.28. The number of nitrogens with two attached hydrogens (primary N) is 1. The van der Waals surface area contributed by atoms with Crippen molar-refractivity contribution in [3.8, 4) is 0 Å². The third-order valence-electron chi connectivity index (χ3n) is 3.75. The fourth-order valence-corrected chi connectivity index (χ4v) is 4.32. The van der Waals surface area contributed by atoms with E-state index in [0.29, 0.717) is 24.2 Å². The van der Waals surface area contributed by atoms with Crippen LogP contribution >= 0.6 is 11.6 Å². The largest absolute Gasteiger partial charge is 0.398 e. The second-order valence-electron chi connectivity index (χ2n) is 5.28. The SMILES string of the molecule is CN(C)C1CCN(S(=O)(=O)c2cc(Cl)ccc2N)CC1. The normalized spacial score (nSPS) is 18.6. The molecule has 0 aliphatic carbocycles. The predicted molar refractivity (Wildman–Crippen MR) is 81.3 cm³/mol. The van der Waals surface area contributed by atoms with Crippen molar-refractivity contribution in [1.82, 2.24) is 9.21 Å². The fourth-order valence-electron chi connectivity index (χ4n) is 2.47. The van der Waals surface area contributed by atoms with Crippen LogP contribution < -0.4 is 5.73 Å². The van der Waals surface area contributed by atoms with Gasteiger partial charge in [0.25, 0.3) is 0 Å². The van der Waals surface area contributed by atoms with Gasteiger partial charge in [-0.15, -0.1) is 0 Å². The van der Waals surface area contributed by atoms with Gasteiger partial charge in [0.05, 0.1) is 5.69 Å². The van der Waals surface area contributed by atoms with Crippen molar-refractivity contribution in [2.75, 3.05) is 32.9 Å². The van der Waals surface area contributed by atoms with Gasteiger partial charge in [-0.1, -0.05) is 11.6 Å². The first-order valence-corrected chi connectivity index (χ1v) is 8.36. The maximum absolute atomic E-state index is 12.6. The molecule has 0 atom stereocenters. The molecular formula is C13H20ClN3O2S. The van der Waals surface area contributed by atoms with Crippen LogP contribution in [0, 0.1) is 0 Å². The van der Waals surface area contributed by atoms with Crippen LogP contribution in [-0.2, 0) is 10.0 Å². The maximum Gasteiger partial charge on any atom is 0.245 e. The van der Waals surface area contributed by atoms with E-state index in [1.807, 2.05) is 14.1 Å². The van der Waals surface area contributed by atoms with Gasteiger partial charge in [-0.2, -0.15) is 4.31 Å². The first-order valence-electron chi connectivity index (χ1n) is 6.54. The van der Waals surface area contributed by atoms with E-state index in [9.17, 15) is 8.42 Å². The molecule has 2 rings (SSSR count). The van der Waals surface area contributed by atoms with Gasteiger partial charge in [0, 0.05) is 24.2 Å². The van der Waals surface area contributed by atoms with Crippen LogP contribution in [0.2, 0.25) is 5.02 Å². The van der Waals surface area contributed by atoms with E-state index in [2.05, 4.69) is 4.90 Å². The summed E-state index contributed by atoms with van der Waals surface area (Å²) in [5, 5.41) is 0.376.